The molecule has 96 valence electrons. The van der Waals surface area contributed by atoms with Gasteiger partial charge in [0.2, 0.25) is 0 Å². The molecule has 0 amide bonds. The summed E-state index contributed by atoms with van der Waals surface area (Å²) in [6.07, 6.45) is 0. The first-order chi connectivity index (χ1) is 8.45. The lowest BCUT2D eigenvalue weighted by molar-refractivity contribution is 0.781. The van der Waals surface area contributed by atoms with Crippen LogP contribution in [-0.2, 0) is 13.6 Å². The quantitative estimate of drug-likeness (QED) is 0.925. The molecule has 2 aromatic rings. The Morgan fingerprint density at radius 2 is 1.78 bits per heavy atom. The van der Waals surface area contributed by atoms with Crippen LogP contribution in [0.5, 0.6) is 0 Å². The molecule has 0 atom stereocenters. The van der Waals surface area contributed by atoms with Crippen LogP contribution >= 0.6 is 15.9 Å². The van der Waals surface area contributed by atoms with Crippen LogP contribution in [0.4, 0.5) is 0 Å². The van der Waals surface area contributed by atoms with Crippen LogP contribution in [0.3, 0.4) is 0 Å². The van der Waals surface area contributed by atoms with E-state index >= 15 is 0 Å². The fraction of sp³-hybridized carbons (Fsp3) is 0.357. The lowest BCUT2D eigenvalue weighted by Gasteiger charge is -2.08. The summed E-state index contributed by atoms with van der Waals surface area (Å²) in [5.41, 5.74) is 11.7. The van der Waals surface area contributed by atoms with E-state index in [1.807, 2.05) is 11.6 Å². The van der Waals surface area contributed by atoms with Crippen LogP contribution in [0.15, 0.2) is 16.7 Å². The van der Waals surface area contributed by atoms with Crippen molar-refractivity contribution in [3.8, 4) is 11.3 Å². The zero-order valence-corrected chi connectivity index (χ0v) is 12.8. The van der Waals surface area contributed by atoms with Crippen LogP contribution < -0.4 is 5.73 Å². The highest BCUT2D eigenvalue weighted by molar-refractivity contribution is 9.10. The van der Waals surface area contributed by atoms with Gasteiger partial charge in [0, 0.05) is 12.6 Å². The van der Waals surface area contributed by atoms with Gasteiger partial charge in [0.05, 0.1) is 6.54 Å². The second-order valence-electron chi connectivity index (χ2n) is 4.68. The first-order valence-corrected chi connectivity index (χ1v) is 6.74. The second kappa shape index (κ2) is 4.86. The topological polar surface area (TPSA) is 43.8 Å². The highest BCUT2D eigenvalue weighted by Gasteiger charge is 2.15. The summed E-state index contributed by atoms with van der Waals surface area (Å²) in [6, 6.07) is 4.39. The molecule has 0 fully saturated rings. The summed E-state index contributed by atoms with van der Waals surface area (Å²) in [7, 11) is 1.97. The third-order valence-electron chi connectivity index (χ3n) is 3.40. The fourth-order valence-corrected chi connectivity index (χ4v) is 2.60. The van der Waals surface area contributed by atoms with Gasteiger partial charge < -0.3 is 10.3 Å². The zero-order valence-electron chi connectivity index (χ0n) is 11.2. The van der Waals surface area contributed by atoms with Crippen molar-refractivity contribution in [2.75, 3.05) is 0 Å². The maximum Gasteiger partial charge on any atom is 0.123 e. The third-order valence-corrected chi connectivity index (χ3v) is 4.30. The second-order valence-corrected chi connectivity index (χ2v) is 5.43. The first-order valence-electron chi connectivity index (χ1n) is 5.95. The molecular formula is C14H18BrN3. The van der Waals surface area contributed by atoms with Gasteiger partial charge in [-0.15, -0.1) is 0 Å². The van der Waals surface area contributed by atoms with E-state index in [1.165, 1.54) is 22.3 Å². The molecule has 2 rings (SSSR count). The third kappa shape index (κ3) is 2.10. The summed E-state index contributed by atoms with van der Waals surface area (Å²) >= 11 is 3.60. The van der Waals surface area contributed by atoms with Gasteiger partial charge in [0.15, 0.2) is 0 Å². The van der Waals surface area contributed by atoms with Crippen molar-refractivity contribution in [1.82, 2.24) is 9.55 Å². The minimum atomic E-state index is 0.443. The number of imidazole rings is 1. The molecule has 0 spiro atoms. The lowest BCUT2D eigenvalue weighted by Crippen LogP contribution is -2.04. The van der Waals surface area contributed by atoms with Crippen molar-refractivity contribution in [3.05, 3.63) is 39.3 Å². The summed E-state index contributed by atoms with van der Waals surface area (Å²) in [6.45, 7) is 6.81. The van der Waals surface area contributed by atoms with Gasteiger partial charge in [-0.25, -0.2) is 4.98 Å². The van der Waals surface area contributed by atoms with Crippen molar-refractivity contribution in [2.24, 2.45) is 12.8 Å². The summed E-state index contributed by atoms with van der Waals surface area (Å²) in [4.78, 5) is 4.62. The number of halogens is 1. The molecule has 1 aromatic carbocycles. The molecule has 3 nitrogen and oxygen atoms in total. The van der Waals surface area contributed by atoms with Crippen LogP contribution in [-0.4, -0.2) is 9.55 Å². The van der Waals surface area contributed by atoms with Crippen molar-refractivity contribution >= 4 is 15.9 Å². The molecule has 0 aliphatic heterocycles. The van der Waals surface area contributed by atoms with E-state index in [4.69, 9.17) is 5.73 Å². The largest absolute Gasteiger partial charge is 0.324 e. The highest BCUT2D eigenvalue weighted by Crippen LogP contribution is 2.31. The van der Waals surface area contributed by atoms with Gasteiger partial charge in [-0.2, -0.15) is 0 Å². The number of benzene rings is 1. The number of aromatic nitrogens is 2. The maximum atomic E-state index is 5.70. The van der Waals surface area contributed by atoms with E-state index in [9.17, 15) is 0 Å². The zero-order chi connectivity index (χ0) is 13.4. The molecular weight excluding hydrogens is 290 g/mol. The molecule has 0 radical (unpaired) electrons. The lowest BCUT2D eigenvalue weighted by atomic mass is 9.99. The number of aryl methyl sites for hydroxylation is 3. The Balaban J connectivity index is 2.66. The smallest absolute Gasteiger partial charge is 0.123 e. The van der Waals surface area contributed by atoms with Gasteiger partial charge in [0.25, 0.3) is 0 Å². The SMILES string of the molecule is Cc1cc(C)c(-c2nc(CN)n(C)c2Br)cc1C. The molecule has 1 aromatic heterocycles. The van der Waals surface area contributed by atoms with Gasteiger partial charge in [-0.3, -0.25) is 0 Å². The van der Waals surface area contributed by atoms with Crippen LogP contribution in [0, 0.1) is 20.8 Å². The summed E-state index contributed by atoms with van der Waals surface area (Å²) < 4.78 is 2.97. The molecule has 2 N–H and O–H groups in total. The van der Waals surface area contributed by atoms with Crippen molar-refractivity contribution < 1.29 is 0 Å². The van der Waals surface area contributed by atoms with E-state index in [1.54, 1.807) is 0 Å². The number of nitrogens with two attached hydrogens (primary N) is 1. The van der Waals surface area contributed by atoms with E-state index in [0.29, 0.717) is 6.54 Å². The monoisotopic (exact) mass is 307 g/mol. The standard InChI is InChI=1S/C14H18BrN3/c1-8-5-10(3)11(6-9(8)2)13-14(15)18(4)12(7-16)17-13/h5-6H,7,16H2,1-4H3. The van der Waals surface area contributed by atoms with E-state index < -0.39 is 0 Å². The van der Waals surface area contributed by atoms with Crippen LogP contribution in [0.1, 0.15) is 22.5 Å². The van der Waals surface area contributed by atoms with Crippen molar-refractivity contribution in [2.45, 2.75) is 27.3 Å². The minimum Gasteiger partial charge on any atom is -0.324 e. The van der Waals surface area contributed by atoms with Gasteiger partial charge in [-0.1, -0.05) is 6.07 Å². The molecule has 0 unspecified atom stereocenters. The highest BCUT2D eigenvalue weighted by atomic mass is 79.9. The number of rotatable bonds is 2. The fourth-order valence-electron chi connectivity index (χ4n) is 2.09. The van der Waals surface area contributed by atoms with Gasteiger partial charge in [-0.05, 0) is 59.5 Å². The Kier molecular flexibility index (Phi) is 3.59. The first kappa shape index (κ1) is 13.3. The predicted octanol–water partition coefficient (Wildman–Crippen LogP) is 3.23. The Labute approximate surface area is 116 Å². The van der Waals surface area contributed by atoms with Crippen molar-refractivity contribution in [1.29, 1.82) is 0 Å². The molecule has 0 saturated heterocycles. The molecule has 4 heteroatoms. The average Bonchev–Trinajstić information content (AvgIpc) is 2.61. The average molecular weight is 308 g/mol. The number of hydrogen-bond acceptors (Lipinski definition) is 2. The molecule has 1 heterocycles. The van der Waals surface area contributed by atoms with Crippen LogP contribution in [0.2, 0.25) is 0 Å². The Bertz CT molecular complexity index is 600. The predicted molar refractivity (Wildman–Crippen MR) is 78.4 cm³/mol. The molecule has 0 aliphatic carbocycles. The van der Waals surface area contributed by atoms with Crippen LogP contribution in [0.25, 0.3) is 11.3 Å². The maximum absolute atomic E-state index is 5.70. The molecule has 0 saturated carbocycles. The minimum absolute atomic E-state index is 0.443. The van der Waals surface area contributed by atoms with Crippen molar-refractivity contribution in [3.63, 3.8) is 0 Å². The summed E-state index contributed by atoms with van der Waals surface area (Å²) in [5.74, 6) is 0.884. The van der Waals surface area contributed by atoms with E-state index in [2.05, 4.69) is 53.8 Å². The number of nitrogens with zero attached hydrogens (tertiary/aromatic N) is 2. The molecule has 0 bridgehead atoms. The van der Waals surface area contributed by atoms with E-state index in [0.717, 1.165) is 16.1 Å². The normalized spacial score (nSPS) is 11.0. The summed E-state index contributed by atoms with van der Waals surface area (Å²) in [5, 5.41) is 0. The van der Waals surface area contributed by atoms with Gasteiger partial charge in [0.1, 0.15) is 16.1 Å². The van der Waals surface area contributed by atoms with Gasteiger partial charge >= 0.3 is 0 Å². The molecule has 0 aliphatic rings. The Morgan fingerprint density at radius 1 is 1.17 bits per heavy atom. The molecule has 18 heavy (non-hydrogen) atoms. The Hall–Kier alpha value is -1.13. The van der Waals surface area contributed by atoms with E-state index in [-0.39, 0.29) is 0 Å². The Morgan fingerprint density at radius 3 is 2.33 bits per heavy atom. The number of hydrogen-bond donors (Lipinski definition) is 1.